The third-order valence-electron chi connectivity index (χ3n) is 3.08. The lowest BCUT2D eigenvalue weighted by Gasteiger charge is -2.16. The number of nitrogens with zero attached hydrogens (tertiary/aromatic N) is 1. The van der Waals surface area contributed by atoms with Gasteiger partial charge in [-0.25, -0.2) is 9.19 Å². The monoisotopic (exact) mass is 367 g/mol. The third-order valence-corrected chi connectivity index (χ3v) is 5.89. The summed E-state index contributed by atoms with van der Waals surface area (Å²) in [6.45, 7) is 4.41. The van der Waals surface area contributed by atoms with Crippen LogP contribution in [0.5, 0.6) is 0 Å². The molecule has 0 aliphatic heterocycles. The van der Waals surface area contributed by atoms with Crippen LogP contribution in [0.15, 0.2) is 33.6 Å². The molecule has 7 nitrogen and oxygen atoms in total. The van der Waals surface area contributed by atoms with Gasteiger partial charge in [0.1, 0.15) is 30.6 Å². The van der Waals surface area contributed by atoms with Gasteiger partial charge in [0.15, 0.2) is 0 Å². The molecule has 0 fully saturated rings. The lowest BCUT2D eigenvalue weighted by atomic mass is 10.1. The van der Waals surface area contributed by atoms with Crippen molar-refractivity contribution in [2.75, 3.05) is 5.32 Å². The van der Waals surface area contributed by atoms with E-state index >= 15 is 0 Å². The average molecular weight is 367 g/mol. The van der Waals surface area contributed by atoms with E-state index in [4.69, 9.17) is 5.73 Å². The average Bonchev–Trinajstić information content (AvgIpc) is 2.90. The van der Waals surface area contributed by atoms with Gasteiger partial charge < -0.3 is 16.2 Å². The van der Waals surface area contributed by atoms with Crippen molar-refractivity contribution in [3.63, 3.8) is 0 Å². The van der Waals surface area contributed by atoms with Crippen LogP contribution in [0.4, 0.5) is 5.00 Å². The number of hydrogen-bond acceptors (Lipinski definition) is 6. The summed E-state index contributed by atoms with van der Waals surface area (Å²) in [6.07, 6.45) is 1.53. The van der Waals surface area contributed by atoms with Crippen molar-refractivity contribution in [2.24, 2.45) is 5.73 Å². The molecule has 128 valence electrons. The first-order valence-electron chi connectivity index (χ1n) is 6.92. The molecule has 4 N–H and O–H groups in total. The lowest BCUT2D eigenvalue weighted by molar-refractivity contribution is -0.130. The van der Waals surface area contributed by atoms with Crippen molar-refractivity contribution in [2.45, 2.75) is 35.6 Å². The molecule has 2 rings (SSSR count). The summed E-state index contributed by atoms with van der Waals surface area (Å²) in [7, 11) is -1.61. The third kappa shape index (κ3) is 3.86. The number of nitrogens with one attached hydrogen (secondary N) is 1. The fourth-order valence-corrected chi connectivity index (χ4v) is 4.27. The van der Waals surface area contributed by atoms with E-state index in [0.29, 0.717) is 9.24 Å². The Morgan fingerprint density at radius 2 is 2.08 bits per heavy atom. The minimum atomic E-state index is -1.63. The zero-order chi connectivity index (χ0) is 18.1. The number of aryl methyl sites for hydroxylation is 1. The number of carbonyl (C=O) groups excluding carboxylic acids is 2. The van der Waals surface area contributed by atoms with Gasteiger partial charge in [0.25, 0.3) is 11.8 Å². The summed E-state index contributed by atoms with van der Waals surface area (Å²) in [6, 6.07) is 4.88. The van der Waals surface area contributed by atoms with Crippen molar-refractivity contribution in [3.05, 3.63) is 35.5 Å². The molecule has 0 aromatic carbocycles. The molecule has 9 heteroatoms. The van der Waals surface area contributed by atoms with Crippen molar-refractivity contribution < 1.29 is 18.9 Å². The van der Waals surface area contributed by atoms with Gasteiger partial charge in [-0.05, 0) is 38.5 Å². The molecule has 2 aromatic rings. The van der Waals surface area contributed by atoms with Crippen LogP contribution in [-0.4, -0.2) is 31.7 Å². The quantitative estimate of drug-likeness (QED) is 0.738. The number of thiophene rings is 1. The van der Waals surface area contributed by atoms with E-state index in [-0.39, 0.29) is 10.6 Å². The number of anilines is 1. The smallest absolute Gasteiger partial charge is 0.256 e. The Morgan fingerprint density at radius 1 is 1.42 bits per heavy atom. The Morgan fingerprint density at radius 3 is 2.62 bits per heavy atom. The number of pyridine rings is 1. The first-order valence-corrected chi connectivity index (χ1v) is 8.88. The van der Waals surface area contributed by atoms with Crippen LogP contribution >= 0.6 is 11.3 Å². The zero-order valence-corrected chi connectivity index (χ0v) is 15.0. The van der Waals surface area contributed by atoms with Crippen molar-refractivity contribution in [1.82, 2.24) is 4.98 Å². The van der Waals surface area contributed by atoms with E-state index in [0.717, 1.165) is 16.9 Å². The fraction of sp³-hybridized carbons (Fsp3) is 0.267. The van der Waals surface area contributed by atoms with Crippen LogP contribution in [0.25, 0.3) is 0 Å². The van der Waals surface area contributed by atoms with Gasteiger partial charge in [-0.1, -0.05) is 6.07 Å². The molecular formula is C15H17N3O4S2. The Kier molecular flexibility index (Phi) is 5.16. The fourth-order valence-electron chi connectivity index (χ4n) is 1.75. The second-order valence-corrected chi connectivity index (χ2v) is 8.25. The van der Waals surface area contributed by atoms with Gasteiger partial charge in [0.05, 0.1) is 5.56 Å². The van der Waals surface area contributed by atoms with Crippen molar-refractivity contribution in [1.29, 1.82) is 0 Å². The second kappa shape index (κ2) is 6.80. The molecule has 2 aromatic heterocycles. The van der Waals surface area contributed by atoms with Crippen molar-refractivity contribution >= 4 is 39.0 Å². The maximum atomic E-state index is 12.7. The maximum absolute atomic E-state index is 12.7. The molecule has 2 amide bonds. The molecular weight excluding hydrogens is 350 g/mol. The standard InChI is InChI=1S/C15H17N3O4S2/c1-8-5-4-6-17-13(8)24(22)10-7-9(11(16)19)12(23-10)18-14(20)15(2,3)21/h4-7,21H,1-3H3,(H2,16,19)(H,18,20). The highest BCUT2D eigenvalue weighted by Crippen LogP contribution is 2.33. The first kappa shape index (κ1) is 18.2. The second-order valence-electron chi connectivity index (χ2n) is 5.58. The Labute approximate surface area is 145 Å². The van der Waals surface area contributed by atoms with Crippen LogP contribution in [-0.2, 0) is 15.6 Å². The summed E-state index contributed by atoms with van der Waals surface area (Å²) in [5, 5.41) is 12.7. The summed E-state index contributed by atoms with van der Waals surface area (Å²) in [5.74, 6) is -1.46. The number of primary amides is 1. The van der Waals surface area contributed by atoms with Gasteiger partial charge in [0, 0.05) is 6.20 Å². The van der Waals surface area contributed by atoms with E-state index in [1.54, 1.807) is 19.1 Å². The van der Waals surface area contributed by atoms with Gasteiger partial charge >= 0.3 is 0 Å². The van der Waals surface area contributed by atoms with Gasteiger partial charge in [-0.2, -0.15) is 0 Å². The summed E-state index contributed by atoms with van der Waals surface area (Å²) in [4.78, 5) is 27.6. The van der Waals surface area contributed by atoms with Crippen LogP contribution in [0.2, 0.25) is 0 Å². The van der Waals surface area contributed by atoms with Gasteiger partial charge in [-0.3, -0.25) is 9.59 Å². The normalized spacial score (nSPS) is 12.7. The van der Waals surface area contributed by atoms with Crippen LogP contribution in [0.1, 0.15) is 29.8 Å². The molecule has 2 heterocycles. The molecule has 1 unspecified atom stereocenters. The molecule has 0 radical (unpaired) electrons. The highest BCUT2D eigenvalue weighted by molar-refractivity contribution is 7.87. The lowest BCUT2D eigenvalue weighted by Crippen LogP contribution is -2.36. The summed E-state index contributed by atoms with van der Waals surface area (Å²) < 4.78 is 13.0. The molecule has 1 atom stereocenters. The minimum Gasteiger partial charge on any atom is -0.381 e. The molecule has 0 aliphatic carbocycles. The molecule has 24 heavy (non-hydrogen) atoms. The van der Waals surface area contributed by atoms with E-state index in [1.807, 2.05) is 0 Å². The molecule has 0 aliphatic rings. The number of amides is 2. The highest BCUT2D eigenvalue weighted by Gasteiger charge is 2.27. The summed E-state index contributed by atoms with van der Waals surface area (Å²) in [5.41, 5.74) is 4.47. The van der Waals surface area contributed by atoms with E-state index in [2.05, 4.69) is 10.3 Å². The van der Waals surface area contributed by atoms with Gasteiger partial charge in [0.2, 0.25) is 0 Å². The SMILES string of the molecule is Cc1cccnc1S(=O)c1cc(C(N)=O)c(NC(=O)C(C)(C)O)s1. The largest absolute Gasteiger partial charge is 0.381 e. The number of nitrogens with two attached hydrogens (primary N) is 1. The van der Waals surface area contributed by atoms with E-state index < -0.39 is 28.2 Å². The highest BCUT2D eigenvalue weighted by atomic mass is 32.2. The zero-order valence-electron chi connectivity index (χ0n) is 13.3. The predicted molar refractivity (Wildman–Crippen MR) is 91.4 cm³/mol. The molecule has 0 saturated heterocycles. The topological polar surface area (TPSA) is 122 Å². The summed E-state index contributed by atoms with van der Waals surface area (Å²) >= 11 is 0.960. The van der Waals surface area contributed by atoms with Gasteiger partial charge in [-0.15, -0.1) is 11.3 Å². The minimum absolute atomic E-state index is 0.0366. The van der Waals surface area contributed by atoms with Crippen LogP contribution in [0.3, 0.4) is 0 Å². The molecule has 0 bridgehead atoms. The maximum Gasteiger partial charge on any atom is 0.256 e. The first-order chi connectivity index (χ1) is 11.1. The predicted octanol–water partition coefficient (Wildman–Crippen LogP) is 1.43. The van der Waals surface area contributed by atoms with E-state index in [1.165, 1.54) is 26.1 Å². The molecule has 0 saturated carbocycles. The van der Waals surface area contributed by atoms with Crippen LogP contribution < -0.4 is 11.1 Å². The number of rotatable bonds is 5. The number of carbonyl (C=O) groups is 2. The number of aromatic nitrogens is 1. The Bertz CT molecular complexity index is 824. The van der Waals surface area contributed by atoms with Crippen molar-refractivity contribution in [3.8, 4) is 0 Å². The van der Waals surface area contributed by atoms with E-state index in [9.17, 15) is 18.9 Å². The molecule has 0 spiro atoms. The Hall–Kier alpha value is -2.10. The Balaban J connectivity index is 2.42. The van der Waals surface area contributed by atoms with Crippen LogP contribution in [0, 0.1) is 6.92 Å². The number of aliphatic hydroxyl groups is 1. The number of hydrogen-bond donors (Lipinski definition) is 3.